The van der Waals surface area contributed by atoms with Crippen LogP contribution in [0.4, 0.5) is 5.82 Å². The van der Waals surface area contributed by atoms with Crippen LogP contribution < -0.4 is 10.5 Å². The maximum atomic E-state index is 11.4. The van der Waals surface area contributed by atoms with Gasteiger partial charge in [-0.25, -0.2) is 15.0 Å². The van der Waals surface area contributed by atoms with E-state index in [1.807, 2.05) is 13.0 Å². The third-order valence-electron chi connectivity index (χ3n) is 3.66. The predicted molar refractivity (Wildman–Crippen MR) is 81.9 cm³/mol. The van der Waals surface area contributed by atoms with Crippen molar-refractivity contribution in [3.8, 4) is 0 Å². The lowest BCUT2D eigenvalue weighted by molar-refractivity contribution is 0.123. The second kappa shape index (κ2) is 6.65. The summed E-state index contributed by atoms with van der Waals surface area (Å²) in [5, 5.41) is 0. The quantitative estimate of drug-likeness (QED) is 0.892. The van der Waals surface area contributed by atoms with E-state index >= 15 is 0 Å². The van der Waals surface area contributed by atoms with E-state index in [0.717, 1.165) is 30.4 Å². The maximum Gasteiger partial charge on any atom is 0.250 e. The van der Waals surface area contributed by atoms with E-state index in [2.05, 4.69) is 24.8 Å². The van der Waals surface area contributed by atoms with Gasteiger partial charge in [0, 0.05) is 37.0 Å². The van der Waals surface area contributed by atoms with Crippen molar-refractivity contribution in [2.75, 3.05) is 31.2 Å². The number of rotatable bonds is 3. The predicted octanol–water partition coefficient (Wildman–Crippen LogP) is 0.564. The molecule has 116 valence electrons. The molecule has 0 amide bonds. The molecule has 0 spiro atoms. The van der Waals surface area contributed by atoms with Crippen molar-refractivity contribution in [3.05, 3.63) is 46.5 Å². The van der Waals surface area contributed by atoms with Crippen molar-refractivity contribution in [2.45, 2.75) is 13.3 Å². The Bertz CT molecular complexity index is 687. The van der Waals surface area contributed by atoms with Crippen LogP contribution in [0.5, 0.6) is 0 Å². The average Bonchev–Trinajstić information content (AvgIpc) is 2.73. The number of hydrogen-bond acceptors (Lipinski definition) is 6. The van der Waals surface area contributed by atoms with Crippen molar-refractivity contribution >= 4 is 5.82 Å². The largest absolute Gasteiger partial charge is 0.379 e. The van der Waals surface area contributed by atoms with E-state index in [1.165, 1.54) is 6.33 Å². The summed E-state index contributed by atoms with van der Waals surface area (Å²) in [6.07, 6.45) is 3.93. The Balaban J connectivity index is 1.74. The zero-order chi connectivity index (χ0) is 15.4. The fraction of sp³-hybridized carbons (Fsp3) is 0.467. The highest BCUT2D eigenvalue weighted by Gasteiger charge is 2.20. The highest BCUT2D eigenvalue weighted by Crippen LogP contribution is 2.17. The van der Waals surface area contributed by atoms with E-state index in [0.29, 0.717) is 19.6 Å². The van der Waals surface area contributed by atoms with Crippen LogP contribution in [-0.4, -0.2) is 46.2 Å². The van der Waals surface area contributed by atoms with Crippen LogP contribution in [0.3, 0.4) is 0 Å². The summed E-state index contributed by atoms with van der Waals surface area (Å²) in [5.74, 6) is 1.95. The number of aryl methyl sites for hydroxylation is 1. The lowest BCUT2D eigenvalue weighted by atomic mass is 10.0. The van der Waals surface area contributed by atoms with Gasteiger partial charge >= 0.3 is 0 Å². The summed E-state index contributed by atoms with van der Waals surface area (Å²) in [5.41, 5.74) is 0.667. The third kappa shape index (κ3) is 3.67. The summed E-state index contributed by atoms with van der Waals surface area (Å²) in [4.78, 5) is 29.0. The summed E-state index contributed by atoms with van der Waals surface area (Å²) >= 11 is 0. The summed E-state index contributed by atoms with van der Waals surface area (Å²) in [6, 6.07) is 3.46. The van der Waals surface area contributed by atoms with Crippen molar-refractivity contribution < 1.29 is 4.74 Å². The Morgan fingerprint density at radius 1 is 1.45 bits per heavy atom. The molecule has 0 aromatic carbocycles. The molecule has 1 aliphatic rings. The molecule has 1 saturated heterocycles. The molecule has 2 aromatic rings. The second-order valence-corrected chi connectivity index (χ2v) is 5.46. The monoisotopic (exact) mass is 301 g/mol. The Hall–Kier alpha value is -2.28. The molecule has 7 nitrogen and oxygen atoms in total. The third-order valence-corrected chi connectivity index (χ3v) is 3.66. The minimum absolute atomic E-state index is 0.122. The van der Waals surface area contributed by atoms with Gasteiger partial charge in [0.1, 0.15) is 11.6 Å². The number of ether oxygens (including phenoxy) is 1. The number of H-pyrrole nitrogens is 1. The highest BCUT2D eigenvalue weighted by atomic mass is 16.5. The Morgan fingerprint density at radius 2 is 2.36 bits per heavy atom. The van der Waals surface area contributed by atoms with Crippen molar-refractivity contribution in [3.63, 3.8) is 0 Å². The van der Waals surface area contributed by atoms with Gasteiger partial charge in [0.05, 0.1) is 19.5 Å². The maximum absolute atomic E-state index is 11.4. The summed E-state index contributed by atoms with van der Waals surface area (Å²) in [7, 11) is 0. The van der Waals surface area contributed by atoms with Crippen LogP contribution in [0.1, 0.15) is 11.5 Å². The first-order chi connectivity index (χ1) is 10.7. The average molecular weight is 301 g/mol. The molecule has 0 radical (unpaired) electrons. The first-order valence-corrected chi connectivity index (χ1v) is 7.36. The van der Waals surface area contributed by atoms with Gasteiger partial charge in [0.25, 0.3) is 5.56 Å². The van der Waals surface area contributed by atoms with Gasteiger partial charge in [-0.05, 0) is 19.4 Å². The van der Waals surface area contributed by atoms with Crippen molar-refractivity contribution in [1.82, 2.24) is 19.9 Å². The van der Waals surface area contributed by atoms with Gasteiger partial charge < -0.3 is 14.6 Å². The fourth-order valence-corrected chi connectivity index (χ4v) is 2.65. The van der Waals surface area contributed by atoms with Crippen LogP contribution in [0, 0.1) is 12.8 Å². The molecule has 0 aliphatic carbocycles. The summed E-state index contributed by atoms with van der Waals surface area (Å²) < 4.78 is 5.69. The number of aromatic nitrogens is 4. The molecule has 1 atom stereocenters. The highest BCUT2D eigenvalue weighted by molar-refractivity contribution is 5.37. The number of hydrogen-bond donors (Lipinski definition) is 1. The molecule has 1 fully saturated rings. The minimum atomic E-state index is -0.122. The molecule has 0 saturated carbocycles. The zero-order valence-corrected chi connectivity index (χ0v) is 12.5. The summed E-state index contributed by atoms with van der Waals surface area (Å²) in [6.45, 7) is 4.84. The molecule has 3 rings (SSSR count). The van der Waals surface area contributed by atoms with E-state index in [-0.39, 0.29) is 11.5 Å². The number of aromatic amines is 1. The lowest BCUT2D eigenvalue weighted by Gasteiger charge is -2.24. The Morgan fingerprint density at radius 3 is 3.18 bits per heavy atom. The molecule has 1 aliphatic heterocycles. The molecule has 7 heteroatoms. The lowest BCUT2D eigenvalue weighted by Crippen LogP contribution is -2.32. The molecule has 1 unspecified atom stereocenters. The zero-order valence-electron chi connectivity index (χ0n) is 12.5. The van der Waals surface area contributed by atoms with Gasteiger partial charge in [0.2, 0.25) is 0 Å². The topological polar surface area (TPSA) is 84.0 Å². The van der Waals surface area contributed by atoms with Crippen molar-refractivity contribution in [2.24, 2.45) is 5.92 Å². The Kier molecular flexibility index (Phi) is 4.43. The van der Waals surface area contributed by atoms with Gasteiger partial charge in [-0.2, -0.15) is 0 Å². The van der Waals surface area contributed by atoms with Gasteiger partial charge in [-0.3, -0.25) is 4.79 Å². The first-order valence-electron chi connectivity index (χ1n) is 7.36. The first kappa shape index (κ1) is 14.6. The van der Waals surface area contributed by atoms with Crippen LogP contribution in [-0.2, 0) is 11.2 Å². The SMILES string of the molecule is Cc1nccc(N2CCOCC(Cc3cc(=O)[nH]cn3)C2)n1. The van der Waals surface area contributed by atoms with Gasteiger partial charge in [-0.15, -0.1) is 0 Å². The van der Waals surface area contributed by atoms with Crippen LogP contribution in [0.25, 0.3) is 0 Å². The number of nitrogens with zero attached hydrogens (tertiary/aromatic N) is 4. The van der Waals surface area contributed by atoms with Crippen molar-refractivity contribution in [1.29, 1.82) is 0 Å². The minimum Gasteiger partial charge on any atom is -0.379 e. The van der Waals surface area contributed by atoms with E-state index in [4.69, 9.17) is 4.74 Å². The van der Waals surface area contributed by atoms with E-state index in [1.54, 1.807) is 12.3 Å². The number of nitrogens with one attached hydrogen (secondary N) is 1. The van der Waals surface area contributed by atoms with E-state index in [9.17, 15) is 4.79 Å². The van der Waals surface area contributed by atoms with Gasteiger partial charge in [0.15, 0.2) is 0 Å². The van der Waals surface area contributed by atoms with Crippen LogP contribution >= 0.6 is 0 Å². The molecular weight excluding hydrogens is 282 g/mol. The standard InChI is InChI=1S/C15H19N5O2/c1-11-16-3-2-14(19-11)20-4-5-22-9-12(8-20)6-13-7-15(21)18-10-17-13/h2-3,7,10,12H,4-6,8-9H2,1H3,(H,17,18,21). The van der Waals surface area contributed by atoms with E-state index < -0.39 is 0 Å². The fourth-order valence-electron chi connectivity index (χ4n) is 2.65. The molecule has 3 heterocycles. The smallest absolute Gasteiger partial charge is 0.250 e. The molecule has 0 bridgehead atoms. The Labute approximate surface area is 128 Å². The molecule has 2 aromatic heterocycles. The van der Waals surface area contributed by atoms with Crippen LogP contribution in [0.2, 0.25) is 0 Å². The molecule has 1 N–H and O–H groups in total. The van der Waals surface area contributed by atoms with Crippen LogP contribution in [0.15, 0.2) is 29.5 Å². The molecule has 22 heavy (non-hydrogen) atoms. The second-order valence-electron chi connectivity index (χ2n) is 5.46. The van der Waals surface area contributed by atoms with Gasteiger partial charge in [-0.1, -0.05) is 0 Å². The number of anilines is 1. The normalized spacial score (nSPS) is 19.0. The molecular formula is C15H19N5O2.